The van der Waals surface area contributed by atoms with Crippen molar-refractivity contribution in [2.45, 2.75) is 45.7 Å². The average Bonchev–Trinajstić information content (AvgIpc) is 2.63. The number of carbonyl (C=O) groups excluding carboxylic acids is 1. The number of likely N-dealkylation sites (tertiary alicyclic amines) is 1. The van der Waals surface area contributed by atoms with Crippen molar-refractivity contribution < 1.29 is 9.53 Å². The van der Waals surface area contributed by atoms with Crippen molar-refractivity contribution in [1.29, 1.82) is 0 Å². The second-order valence-electron chi connectivity index (χ2n) is 7.44. The average molecular weight is 361 g/mol. The summed E-state index contributed by atoms with van der Waals surface area (Å²) in [5.74, 6) is 0.947. The van der Waals surface area contributed by atoms with E-state index in [1.807, 2.05) is 24.0 Å². The number of aromatic nitrogens is 1. The molecule has 7 heteroatoms. The monoisotopic (exact) mass is 361 g/mol. The van der Waals surface area contributed by atoms with Gasteiger partial charge in [0.05, 0.1) is 24.6 Å². The lowest BCUT2D eigenvalue weighted by Crippen LogP contribution is -2.50. The topological polar surface area (TPSA) is 69.7 Å². The Bertz CT molecular complexity index is 616. The first-order valence-corrected chi connectivity index (χ1v) is 9.65. The highest BCUT2D eigenvalue weighted by molar-refractivity contribution is 5.90. The molecule has 1 aromatic rings. The quantitative estimate of drug-likeness (QED) is 0.861. The summed E-state index contributed by atoms with van der Waals surface area (Å²) in [4.78, 5) is 21.5. The molecular weight excluding hydrogens is 330 g/mol. The van der Waals surface area contributed by atoms with Crippen LogP contribution in [0.4, 0.5) is 16.3 Å². The second kappa shape index (κ2) is 8.68. The summed E-state index contributed by atoms with van der Waals surface area (Å²) in [7, 11) is 0. The number of urea groups is 1. The molecule has 0 aliphatic carbocycles. The number of ether oxygens (including phenoxy) is 1. The molecule has 1 unspecified atom stereocenters. The van der Waals surface area contributed by atoms with Crippen molar-refractivity contribution in [2.75, 3.05) is 49.6 Å². The minimum absolute atomic E-state index is 0.0377. The highest BCUT2D eigenvalue weighted by Gasteiger charge is 2.24. The highest BCUT2D eigenvalue weighted by atomic mass is 16.5. The van der Waals surface area contributed by atoms with Gasteiger partial charge in [-0.1, -0.05) is 13.8 Å². The fraction of sp³-hybridized carbons (Fsp3) is 0.684. The zero-order valence-corrected chi connectivity index (χ0v) is 16.1. The molecule has 26 heavy (non-hydrogen) atoms. The van der Waals surface area contributed by atoms with Gasteiger partial charge in [0.1, 0.15) is 5.82 Å². The summed E-state index contributed by atoms with van der Waals surface area (Å²) in [5.41, 5.74) is 1.63. The fourth-order valence-corrected chi connectivity index (χ4v) is 3.61. The van der Waals surface area contributed by atoms with Crippen LogP contribution in [0.1, 0.15) is 32.4 Å². The minimum Gasteiger partial charge on any atom is -0.378 e. The van der Waals surface area contributed by atoms with Gasteiger partial charge in [0.25, 0.3) is 0 Å². The maximum atomic E-state index is 12.7. The summed E-state index contributed by atoms with van der Waals surface area (Å²) in [6.45, 7) is 11.0. The van der Waals surface area contributed by atoms with Crippen LogP contribution < -0.4 is 15.5 Å². The molecule has 3 heterocycles. The van der Waals surface area contributed by atoms with E-state index < -0.39 is 0 Å². The van der Waals surface area contributed by atoms with Crippen LogP contribution in [0.5, 0.6) is 0 Å². The Hall–Kier alpha value is -1.86. The highest BCUT2D eigenvalue weighted by Crippen LogP contribution is 2.20. The molecule has 144 valence electrons. The summed E-state index contributed by atoms with van der Waals surface area (Å²) >= 11 is 0. The number of nitrogens with one attached hydrogen (secondary N) is 2. The molecule has 1 aromatic heterocycles. The lowest BCUT2D eigenvalue weighted by atomic mass is 10.1. The number of hydrogen-bond acceptors (Lipinski definition) is 5. The molecule has 0 aromatic carbocycles. The first-order chi connectivity index (χ1) is 12.5. The zero-order chi connectivity index (χ0) is 18.5. The normalized spacial score (nSPS) is 21.2. The maximum Gasteiger partial charge on any atom is 0.321 e. The number of nitrogens with zero attached hydrogens (tertiary/aromatic N) is 3. The van der Waals surface area contributed by atoms with Crippen LogP contribution in [-0.2, 0) is 4.74 Å². The largest absolute Gasteiger partial charge is 0.378 e. The molecule has 3 rings (SSSR count). The number of carbonyl (C=O) groups is 1. The van der Waals surface area contributed by atoms with E-state index in [0.29, 0.717) is 12.1 Å². The fourth-order valence-electron chi connectivity index (χ4n) is 3.61. The summed E-state index contributed by atoms with van der Waals surface area (Å²) in [6, 6.07) is 4.70. The van der Waals surface area contributed by atoms with Crippen LogP contribution in [0.2, 0.25) is 0 Å². The van der Waals surface area contributed by atoms with Crippen LogP contribution >= 0.6 is 0 Å². The Balaban J connectivity index is 1.60. The van der Waals surface area contributed by atoms with Crippen molar-refractivity contribution in [3.8, 4) is 0 Å². The molecule has 0 saturated carbocycles. The second-order valence-corrected chi connectivity index (χ2v) is 7.44. The van der Waals surface area contributed by atoms with Crippen molar-refractivity contribution in [1.82, 2.24) is 15.2 Å². The third kappa shape index (κ3) is 4.86. The third-order valence-electron chi connectivity index (χ3n) is 4.93. The van der Waals surface area contributed by atoms with Gasteiger partial charge in [-0.3, -0.25) is 0 Å². The number of rotatable bonds is 4. The van der Waals surface area contributed by atoms with Gasteiger partial charge in [-0.2, -0.15) is 0 Å². The van der Waals surface area contributed by atoms with Crippen LogP contribution in [0.3, 0.4) is 0 Å². The van der Waals surface area contributed by atoms with Crippen LogP contribution in [0, 0.1) is 6.92 Å². The van der Waals surface area contributed by atoms with Gasteiger partial charge in [0.2, 0.25) is 0 Å². The van der Waals surface area contributed by atoms with Crippen molar-refractivity contribution >= 4 is 17.5 Å². The first-order valence-electron chi connectivity index (χ1n) is 9.65. The predicted octanol–water partition coefficient (Wildman–Crippen LogP) is 2.22. The Morgan fingerprint density at radius 2 is 2.04 bits per heavy atom. The Morgan fingerprint density at radius 3 is 2.73 bits per heavy atom. The van der Waals surface area contributed by atoms with Gasteiger partial charge in [0.15, 0.2) is 0 Å². The molecular formula is C19H31N5O2. The smallest absolute Gasteiger partial charge is 0.321 e. The van der Waals surface area contributed by atoms with Gasteiger partial charge < -0.3 is 25.2 Å². The molecule has 0 bridgehead atoms. The Kier molecular flexibility index (Phi) is 6.32. The molecule has 2 N–H and O–H groups in total. The summed E-state index contributed by atoms with van der Waals surface area (Å²) in [6.07, 6.45) is 2.15. The molecule has 2 fully saturated rings. The number of pyridine rings is 1. The lowest BCUT2D eigenvalue weighted by Gasteiger charge is -2.34. The molecule has 2 amide bonds. The van der Waals surface area contributed by atoms with Crippen LogP contribution in [0.25, 0.3) is 0 Å². The van der Waals surface area contributed by atoms with E-state index in [4.69, 9.17) is 4.74 Å². The number of aryl methyl sites for hydroxylation is 1. The number of hydrogen-bond donors (Lipinski definition) is 2. The zero-order valence-electron chi connectivity index (χ0n) is 16.1. The van der Waals surface area contributed by atoms with Crippen molar-refractivity contribution in [3.05, 3.63) is 17.8 Å². The van der Waals surface area contributed by atoms with Gasteiger partial charge >= 0.3 is 6.03 Å². The van der Waals surface area contributed by atoms with Gasteiger partial charge in [-0.15, -0.1) is 0 Å². The number of amides is 2. The summed E-state index contributed by atoms with van der Waals surface area (Å²) in [5, 5.41) is 6.57. The van der Waals surface area contributed by atoms with E-state index in [1.54, 1.807) is 0 Å². The van der Waals surface area contributed by atoms with Gasteiger partial charge in [-0.05, 0) is 31.9 Å². The Labute approximate surface area is 156 Å². The van der Waals surface area contributed by atoms with Gasteiger partial charge in [0, 0.05) is 38.3 Å². The number of morpholine rings is 1. The minimum atomic E-state index is -0.0377. The van der Waals surface area contributed by atoms with Crippen molar-refractivity contribution in [2.24, 2.45) is 0 Å². The van der Waals surface area contributed by atoms with Crippen molar-refractivity contribution in [3.63, 3.8) is 0 Å². The van der Waals surface area contributed by atoms with E-state index in [2.05, 4.69) is 34.4 Å². The molecule has 2 aliphatic heterocycles. The van der Waals surface area contributed by atoms with E-state index in [-0.39, 0.29) is 6.03 Å². The number of anilines is 2. The number of piperidine rings is 1. The van der Waals surface area contributed by atoms with E-state index in [9.17, 15) is 4.79 Å². The molecule has 1 atom stereocenters. The third-order valence-corrected chi connectivity index (χ3v) is 4.93. The first kappa shape index (κ1) is 18.9. The van der Waals surface area contributed by atoms with Crippen LogP contribution in [-0.4, -0.2) is 67.4 Å². The standard InChI is InChI=1S/C19H31N5O2/c1-14(2)20-16-5-4-8-24(13-16)19(25)22-17-6-7-18(21-15(17)3)23-9-11-26-12-10-23/h6-7,14,16,20H,4-5,8-13H2,1-3H3,(H,22,25). The SMILES string of the molecule is Cc1nc(N2CCOCC2)ccc1NC(=O)N1CCCC(NC(C)C)C1. The summed E-state index contributed by atoms with van der Waals surface area (Å²) < 4.78 is 5.39. The molecule has 2 aliphatic rings. The lowest BCUT2D eigenvalue weighted by molar-refractivity contribution is 0.122. The van der Waals surface area contributed by atoms with E-state index in [0.717, 1.165) is 69.4 Å². The van der Waals surface area contributed by atoms with E-state index >= 15 is 0 Å². The molecule has 0 spiro atoms. The Morgan fingerprint density at radius 1 is 1.27 bits per heavy atom. The van der Waals surface area contributed by atoms with Crippen LogP contribution in [0.15, 0.2) is 12.1 Å². The molecule has 0 radical (unpaired) electrons. The maximum absolute atomic E-state index is 12.7. The molecule has 7 nitrogen and oxygen atoms in total. The molecule has 2 saturated heterocycles. The van der Waals surface area contributed by atoms with Gasteiger partial charge in [-0.25, -0.2) is 9.78 Å². The predicted molar refractivity (Wildman–Crippen MR) is 104 cm³/mol. The van der Waals surface area contributed by atoms with E-state index in [1.165, 1.54) is 0 Å².